The number of nitrogens with zero attached hydrogens (tertiary/aromatic N) is 1. The van der Waals surface area contributed by atoms with E-state index in [2.05, 4.69) is 55.9 Å². The van der Waals surface area contributed by atoms with E-state index in [1.165, 1.54) is 116 Å². The van der Waals surface area contributed by atoms with Gasteiger partial charge in [-0.05, 0) is 43.9 Å². The molecule has 0 amide bonds. The van der Waals surface area contributed by atoms with Crippen molar-refractivity contribution in [3.05, 3.63) is 24.3 Å². The summed E-state index contributed by atoms with van der Waals surface area (Å²) >= 11 is 0. The lowest BCUT2D eigenvalue weighted by atomic mass is 9.72. The van der Waals surface area contributed by atoms with Crippen molar-refractivity contribution >= 4 is 6.21 Å². The number of hydrogen-bond acceptors (Lipinski definition) is 0. The summed E-state index contributed by atoms with van der Waals surface area (Å²) < 4.78 is 2.66. The molecule has 0 saturated heterocycles. The molecule has 1 rings (SSSR count). The smallest absolute Gasteiger partial charge is 0.145 e. The molecule has 0 aromatic carbocycles. The summed E-state index contributed by atoms with van der Waals surface area (Å²) in [6, 6.07) is 0. The van der Waals surface area contributed by atoms with Crippen LogP contribution in [0.4, 0.5) is 0 Å². The number of rotatable bonds is 13. The molecule has 0 spiro atoms. The largest absolute Gasteiger partial charge is 0.239 e. The van der Waals surface area contributed by atoms with Gasteiger partial charge in [-0.2, -0.15) is 0 Å². The maximum absolute atomic E-state index is 2.66. The molecule has 0 atom stereocenters. The second-order valence-corrected chi connectivity index (χ2v) is 9.02. The van der Waals surface area contributed by atoms with E-state index < -0.39 is 0 Å². The highest BCUT2D eigenvalue weighted by Crippen LogP contribution is 2.39. The Labute approximate surface area is 177 Å². The van der Waals surface area contributed by atoms with Crippen LogP contribution < -0.4 is 0 Å². The van der Waals surface area contributed by atoms with E-state index in [0.717, 1.165) is 0 Å². The van der Waals surface area contributed by atoms with Gasteiger partial charge in [-0.25, -0.2) is 4.58 Å². The number of hydrogen-bond donors (Lipinski definition) is 0. The van der Waals surface area contributed by atoms with Crippen LogP contribution in [0.25, 0.3) is 0 Å². The van der Waals surface area contributed by atoms with Crippen LogP contribution >= 0.6 is 0 Å². The molecule has 0 aromatic heterocycles. The minimum Gasteiger partial charge on any atom is -0.239 e. The van der Waals surface area contributed by atoms with Gasteiger partial charge in [0, 0.05) is 19.3 Å². The summed E-state index contributed by atoms with van der Waals surface area (Å²) in [6.07, 6.45) is 33.5. The van der Waals surface area contributed by atoms with E-state index >= 15 is 0 Å². The molecule has 1 heterocycles. The van der Waals surface area contributed by atoms with Crippen molar-refractivity contribution in [2.24, 2.45) is 5.41 Å². The van der Waals surface area contributed by atoms with Crippen LogP contribution in [0, 0.1) is 5.41 Å². The fraction of sp³-hybridized carbons (Fsp3) is 0.815. The molecular weight excluding hydrogens is 338 g/mol. The Hall–Kier alpha value is -0.850. The summed E-state index contributed by atoms with van der Waals surface area (Å²) in [5, 5.41) is 0. The highest BCUT2D eigenvalue weighted by molar-refractivity contribution is 5.51. The van der Waals surface area contributed by atoms with Gasteiger partial charge in [-0.1, -0.05) is 90.0 Å². The molecule has 1 aliphatic rings. The lowest BCUT2D eigenvalue weighted by Gasteiger charge is -2.33. The van der Waals surface area contributed by atoms with Gasteiger partial charge in [0.2, 0.25) is 0 Å². The molecule has 1 aliphatic heterocycles. The van der Waals surface area contributed by atoms with Gasteiger partial charge in [0.1, 0.15) is 19.3 Å². The Bertz CT molecular complexity index is 433. The summed E-state index contributed by atoms with van der Waals surface area (Å²) in [5.41, 5.74) is 0.590. The highest BCUT2D eigenvalue weighted by Gasteiger charge is 2.29. The molecule has 1 nitrogen and oxygen atoms in total. The zero-order chi connectivity index (χ0) is 20.3. The van der Waals surface area contributed by atoms with Gasteiger partial charge in [-0.3, -0.25) is 0 Å². The van der Waals surface area contributed by atoms with E-state index in [1.807, 2.05) is 0 Å². The minimum atomic E-state index is 0.590. The van der Waals surface area contributed by atoms with Crippen LogP contribution in [0.2, 0.25) is 0 Å². The maximum atomic E-state index is 2.66. The van der Waals surface area contributed by atoms with Crippen molar-refractivity contribution in [1.82, 2.24) is 0 Å². The first kappa shape index (κ1) is 25.2. The molecule has 0 N–H and O–H groups in total. The van der Waals surface area contributed by atoms with Crippen LogP contribution in [0.15, 0.2) is 24.3 Å². The fourth-order valence-electron chi connectivity index (χ4n) is 4.71. The topological polar surface area (TPSA) is 3.01 Å². The Morgan fingerprint density at radius 3 is 1.75 bits per heavy atom. The molecule has 0 aliphatic carbocycles. The van der Waals surface area contributed by atoms with Gasteiger partial charge in [-0.15, -0.1) is 0 Å². The molecule has 0 bridgehead atoms. The van der Waals surface area contributed by atoms with Crippen LogP contribution in [-0.2, 0) is 0 Å². The third-order valence-electron chi connectivity index (χ3n) is 6.47. The van der Waals surface area contributed by atoms with Crippen LogP contribution in [-0.4, -0.2) is 23.9 Å². The Morgan fingerprint density at radius 1 is 0.607 bits per heavy atom. The van der Waals surface area contributed by atoms with E-state index in [4.69, 9.17) is 0 Å². The quantitative estimate of drug-likeness (QED) is 0.169. The minimum absolute atomic E-state index is 0.590. The lowest BCUT2D eigenvalue weighted by molar-refractivity contribution is -0.526. The normalized spacial score (nSPS) is 16.5. The molecular formula is C27H50N+. The Morgan fingerprint density at radius 2 is 1.18 bits per heavy atom. The summed E-state index contributed by atoms with van der Waals surface area (Å²) in [4.78, 5) is 0. The Balaban J connectivity index is 2.75. The summed E-state index contributed by atoms with van der Waals surface area (Å²) in [7, 11) is 0. The van der Waals surface area contributed by atoms with Gasteiger partial charge in [0.15, 0.2) is 0 Å². The van der Waals surface area contributed by atoms with Gasteiger partial charge in [0.25, 0.3) is 0 Å². The first-order chi connectivity index (χ1) is 13.8. The van der Waals surface area contributed by atoms with E-state index in [0.29, 0.717) is 5.41 Å². The van der Waals surface area contributed by atoms with Gasteiger partial charge >= 0.3 is 0 Å². The molecule has 0 saturated carbocycles. The van der Waals surface area contributed by atoms with Crippen molar-refractivity contribution < 1.29 is 4.58 Å². The monoisotopic (exact) mass is 388 g/mol. The molecule has 162 valence electrons. The zero-order valence-electron chi connectivity index (χ0n) is 19.6. The third-order valence-corrected chi connectivity index (χ3v) is 6.47. The summed E-state index contributed by atoms with van der Waals surface area (Å²) in [5.74, 6) is 0. The molecule has 0 fully saturated rings. The van der Waals surface area contributed by atoms with Crippen molar-refractivity contribution in [1.29, 1.82) is 0 Å². The third kappa shape index (κ3) is 11.9. The van der Waals surface area contributed by atoms with Crippen molar-refractivity contribution in [2.75, 3.05) is 13.1 Å². The molecule has 0 aromatic rings. The predicted molar refractivity (Wildman–Crippen MR) is 128 cm³/mol. The van der Waals surface area contributed by atoms with Gasteiger partial charge < -0.3 is 0 Å². The number of allylic oxidation sites excluding steroid dienone is 3. The van der Waals surface area contributed by atoms with E-state index in [-0.39, 0.29) is 0 Å². The van der Waals surface area contributed by atoms with Crippen LogP contribution in [0.5, 0.6) is 0 Å². The first-order valence-electron chi connectivity index (χ1n) is 12.6. The van der Waals surface area contributed by atoms with E-state index in [1.54, 1.807) is 0 Å². The fourth-order valence-corrected chi connectivity index (χ4v) is 4.71. The predicted octanol–water partition coefficient (Wildman–Crippen LogP) is 8.48. The summed E-state index contributed by atoms with van der Waals surface area (Å²) in [6.45, 7) is 9.54. The first-order valence-corrected chi connectivity index (χ1v) is 12.6. The molecule has 28 heavy (non-hydrogen) atoms. The lowest BCUT2D eigenvalue weighted by Crippen LogP contribution is -2.27. The SMILES string of the molecule is CCCCCC(CCC)(CCCCC)CC[N+]1=CCCC=CCCC=CCC1. The molecule has 1 heteroatoms. The zero-order valence-corrected chi connectivity index (χ0v) is 19.6. The van der Waals surface area contributed by atoms with Crippen LogP contribution in [0.3, 0.4) is 0 Å². The van der Waals surface area contributed by atoms with Crippen molar-refractivity contribution in [2.45, 2.75) is 124 Å². The van der Waals surface area contributed by atoms with Crippen molar-refractivity contribution in [3.63, 3.8) is 0 Å². The standard InChI is InChI=1S/C27H50N/c1-4-7-16-21-27(20-6-3,22-17-8-5-2)23-26-28-24-18-14-12-10-9-11-13-15-19-25-28/h10,12-13,15,24H,4-9,11,14,16-23,25-26H2,1-3H3/q+1. The van der Waals surface area contributed by atoms with Gasteiger partial charge in [0.05, 0.1) is 0 Å². The second-order valence-electron chi connectivity index (χ2n) is 9.02. The van der Waals surface area contributed by atoms with Crippen LogP contribution in [0.1, 0.15) is 124 Å². The second kappa shape index (κ2) is 17.0. The van der Waals surface area contributed by atoms with Crippen molar-refractivity contribution in [3.8, 4) is 0 Å². The molecule has 0 unspecified atom stereocenters. The average molecular weight is 389 g/mol. The maximum Gasteiger partial charge on any atom is 0.145 e. The Kier molecular flexibility index (Phi) is 15.3. The van der Waals surface area contributed by atoms with E-state index in [9.17, 15) is 0 Å². The number of unbranched alkanes of at least 4 members (excludes halogenated alkanes) is 4. The highest BCUT2D eigenvalue weighted by atomic mass is 15.0. The average Bonchev–Trinajstić information content (AvgIpc) is 2.68. The molecule has 0 radical (unpaired) electrons.